The molecule has 6 heteroatoms. The van der Waals surface area contributed by atoms with E-state index in [9.17, 15) is 15.2 Å². The van der Waals surface area contributed by atoms with E-state index < -0.39 is 5.97 Å². The lowest BCUT2D eigenvalue weighted by atomic mass is 10.1. The number of carboxylic acid groups (broad SMARTS) is 1. The van der Waals surface area contributed by atoms with Gasteiger partial charge in [0.1, 0.15) is 23.5 Å². The number of benzene rings is 1. The minimum Gasteiger partial charge on any atom is -0.507 e. The third-order valence-corrected chi connectivity index (χ3v) is 4.04. The molecule has 6 nitrogen and oxygen atoms in total. The Morgan fingerprint density at radius 1 is 1.42 bits per heavy atom. The average molecular weight is 324 g/mol. The molecule has 122 valence electrons. The summed E-state index contributed by atoms with van der Waals surface area (Å²) in [7, 11) is 0. The highest BCUT2D eigenvalue weighted by molar-refractivity contribution is 5.91. The average Bonchev–Trinajstić information content (AvgIpc) is 3.21. The maximum atomic E-state index is 11.0. The van der Waals surface area contributed by atoms with Gasteiger partial charge in [-0.2, -0.15) is 5.26 Å². The minimum absolute atomic E-state index is 0.152. The quantitative estimate of drug-likeness (QED) is 0.881. The first-order valence-corrected chi connectivity index (χ1v) is 7.56. The summed E-state index contributed by atoms with van der Waals surface area (Å²) < 4.78 is 7.15. The summed E-state index contributed by atoms with van der Waals surface area (Å²) in [6.45, 7) is 0. The number of aromatic carboxylic acids is 1. The molecule has 2 N–H and O–H groups in total. The van der Waals surface area contributed by atoms with Crippen LogP contribution in [0.2, 0.25) is 0 Å². The van der Waals surface area contributed by atoms with Gasteiger partial charge in [-0.1, -0.05) is 0 Å². The molecule has 0 saturated carbocycles. The molecule has 2 heterocycles. The number of ether oxygens (including phenoxy) is 1. The van der Waals surface area contributed by atoms with E-state index in [2.05, 4.69) is 6.07 Å². The Morgan fingerprint density at radius 3 is 2.88 bits per heavy atom. The number of phenols is 1. The van der Waals surface area contributed by atoms with E-state index in [0.29, 0.717) is 17.7 Å². The summed E-state index contributed by atoms with van der Waals surface area (Å²) in [5.74, 6) is -1.49. The summed E-state index contributed by atoms with van der Waals surface area (Å²) in [6.07, 6.45) is 9.75. The predicted octanol–water partition coefficient (Wildman–Crippen LogP) is 2.99. The number of aryl methyl sites for hydroxylation is 1. The van der Waals surface area contributed by atoms with E-state index in [0.717, 1.165) is 18.4 Å². The Morgan fingerprint density at radius 2 is 2.25 bits per heavy atom. The van der Waals surface area contributed by atoms with Gasteiger partial charge in [-0.05, 0) is 36.6 Å². The fourth-order valence-electron chi connectivity index (χ4n) is 2.74. The Hall–Kier alpha value is -3.20. The number of rotatable bonds is 5. The molecule has 24 heavy (non-hydrogen) atoms. The van der Waals surface area contributed by atoms with Gasteiger partial charge in [0.25, 0.3) is 0 Å². The minimum atomic E-state index is -1.19. The second-order valence-electron chi connectivity index (χ2n) is 5.63. The van der Waals surface area contributed by atoms with Gasteiger partial charge in [-0.25, -0.2) is 4.79 Å². The van der Waals surface area contributed by atoms with Gasteiger partial charge in [0.15, 0.2) is 0 Å². The van der Waals surface area contributed by atoms with Crippen LogP contribution in [0.3, 0.4) is 0 Å². The molecule has 2 aromatic rings. The number of hydrogen-bond acceptors (Lipinski definition) is 4. The Bertz CT molecular complexity index is 837. The molecule has 0 amide bonds. The molecule has 0 bridgehead atoms. The molecular weight excluding hydrogens is 308 g/mol. The zero-order chi connectivity index (χ0) is 17.1. The van der Waals surface area contributed by atoms with Crippen LogP contribution in [0.25, 0.3) is 5.69 Å². The summed E-state index contributed by atoms with van der Waals surface area (Å²) in [4.78, 5) is 11.0. The summed E-state index contributed by atoms with van der Waals surface area (Å²) in [6, 6.07) is 6.48. The van der Waals surface area contributed by atoms with Gasteiger partial charge < -0.3 is 19.5 Å². The fraction of sp³-hybridized carbons (Fsp3) is 0.222. The van der Waals surface area contributed by atoms with Crippen molar-refractivity contribution in [3.8, 4) is 17.5 Å². The summed E-state index contributed by atoms with van der Waals surface area (Å²) in [5, 5.41) is 28.1. The lowest BCUT2D eigenvalue weighted by Gasteiger charge is -2.09. The summed E-state index contributed by atoms with van der Waals surface area (Å²) in [5.41, 5.74) is 1.90. The van der Waals surface area contributed by atoms with E-state index in [-0.39, 0.29) is 17.4 Å². The van der Waals surface area contributed by atoms with Gasteiger partial charge in [-0.3, -0.25) is 0 Å². The smallest absolute Gasteiger partial charge is 0.339 e. The van der Waals surface area contributed by atoms with Crippen LogP contribution in [0, 0.1) is 11.3 Å². The highest BCUT2D eigenvalue weighted by atomic mass is 16.5. The van der Waals surface area contributed by atoms with Gasteiger partial charge in [0.2, 0.25) is 0 Å². The van der Waals surface area contributed by atoms with E-state index in [1.165, 1.54) is 12.1 Å². The molecule has 0 fully saturated rings. The number of aromatic nitrogens is 1. The van der Waals surface area contributed by atoms with E-state index in [1.807, 2.05) is 12.3 Å². The van der Waals surface area contributed by atoms with Crippen molar-refractivity contribution < 1.29 is 19.7 Å². The van der Waals surface area contributed by atoms with Crippen molar-refractivity contribution in [2.75, 3.05) is 0 Å². The number of hydrogen-bond donors (Lipinski definition) is 2. The largest absolute Gasteiger partial charge is 0.507 e. The highest BCUT2D eigenvalue weighted by Crippen LogP contribution is 2.24. The molecule has 1 atom stereocenters. The van der Waals surface area contributed by atoms with Crippen molar-refractivity contribution in [1.82, 2.24) is 4.57 Å². The van der Waals surface area contributed by atoms with Crippen molar-refractivity contribution in [3.63, 3.8) is 0 Å². The summed E-state index contributed by atoms with van der Waals surface area (Å²) >= 11 is 0. The Kier molecular flexibility index (Phi) is 4.25. The molecule has 1 aliphatic rings. The van der Waals surface area contributed by atoms with Crippen molar-refractivity contribution in [2.45, 2.75) is 25.4 Å². The normalized spacial score (nSPS) is 15.9. The third kappa shape index (κ3) is 3.10. The van der Waals surface area contributed by atoms with Gasteiger partial charge >= 0.3 is 5.97 Å². The molecule has 0 saturated heterocycles. The molecule has 1 aliphatic heterocycles. The lowest BCUT2D eigenvalue weighted by molar-refractivity contribution is 0.0693. The third-order valence-electron chi connectivity index (χ3n) is 4.04. The molecular formula is C18H16N2O4. The second kappa shape index (κ2) is 6.50. The van der Waals surface area contributed by atoms with Gasteiger partial charge in [0.05, 0.1) is 11.8 Å². The van der Waals surface area contributed by atoms with Crippen LogP contribution in [-0.4, -0.2) is 26.9 Å². The first kappa shape index (κ1) is 15.7. The number of nitriles is 1. The molecule has 3 rings (SSSR count). The monoisotopic (exact) mass is 324 g/mol. The molecule has 0 radical (unpaired) electrons. The van der Waals surface area contributed by atoms with Gasteiger partial charge in [-0.15, -0.1) is 0 Å². The topological polar surface area (TPSA) is 95.5 Å². The van der Waals surface area contributed by atoms with E-state index in [1.54, 1.807) is 23.1 Å². The lowest BCUT2D eigenvalue weighted by Crippen LogP contribution is -2.06. The number of nitrogens with zero attached hydrogens (tertiary/aromatic N) is 2. The van der Waals surface area contributed by atoms with Gasteiger partial charge in [0, 0.05) is 30.6 Å². The molecule has 0 aliphatic carbocycles. The number of aromatic hydroxyl groups is 1. The first-order valence-electron chi connectivity index (χ1n) is 7.56. The van der Waals surface area contributed by atoms with Crippen LogP contribution in [0.1, 0.15) is 34.3 Å². The van der Waals surface area contributed by atoms with Crippen LogP contribution in [0.4, 0.5) is 0 Å². The predicted molar refractivity (Wildman–Crippen MR) is 86.1 cm³/mol. The second-order valence-corrected chi connectivity index (χ2v) is 5.63. The van der Waals surface area contributed by atoms with Crippen molar-refractivity contribution in [3.05, 3.63) is 59.6 Å². The van der Waals surface area contributed by atoms with Crippen LogP contribution in [-0.2, 0) is 11.2 Å². The van der Waals surface area contributed by atoms with Crippen molar-refractivity contribution in [1.29, 1.82) is 5.26 Å². The van der Waals surface area contributed by atoms with Crippen LogP contribution < -0.4 is 0 Å². The number of carboxylic acids is 1. The first-order chi connectivity index (χ1) is 11.6. The Balaban J connectivity index is 1.82. The van der Waals surface area contributed by atoms with Crippen molar-refractivity contribution >= 4 is 5.97 Å². The zero-order valence-electron chi connectivity index (χ0n) is 12.8. The standard InChI is InChI=1S/C18H16N2O4/c19-9-13-11-20(10-12(13)3-5-15-2-1-7-24-15)14-4-6-16(18(22)23)17(21)8-14/h1,4,6-8,10-11,15,21H,2-3,5H2,(H,22,23). The highest BCUT2D eigenvalue weighted by Gasteiger charge is 2.15. The molecule has 1 unspecified atom stereocenters. The molecule has 1 aromatic heterocycles. The maximum absolute atomic E-state index is 11.0. The van der Waals surface area contributed by atoms with E-state index >= 15 is 0 Å². The van der Waals surface area contributed by atoms with Crippen molar-refractivity contribution in [2.24, 2.45) is 0 Å². The molecule has 0 spiro atoms. The van der Waals surface area contributed by atoms with Crippen LogP contribution in [0.15, 0.2) is 42.9 Å². The number of carbonyl (C=O) groups is 1. The zero-order valence-corrected chi connectivity index (χ0v) is 12.8. The maximum Gasteiger partial charge on any atom is 0.339 e. The Labute approximate surface area is 138 Å². The fourth-order valence-corrected chi connectivity index (χ4v) is 2.74. The SMILES string of the molecule is N#Cc1cn(-c2ccc(C(=O)O)c(O)c2)cc1CCC1CC=CO1. The molecule has 1 aromatic carbocycles. The van der Waals surface area contributed by atoms with Crippen LogP contribution in [0.5, 0.6) is 5.75 Å². The van der Waals surface area contributed by atoms with Crippen LogP contribution >= 0.6 is 0 Å². The van der Waals surface area contributed by atoms with E-state index in [4.69, 9.17) is 9.84 Å².